The molecule has 5 rings (SSSR count). The molecule has 2 nitrogen and oxygen atoms in total. The number of Topliss-reactive ketones (excluding diaryl/α,β-unsaturated/α-hetero) is 1. The summed E-state index contributed by atoms with van der Waals surface area (Å²) in [7, 11) is 0. The average molecular weight is 300 g/mol. The summed E-state index contributed by atoms with van der Waals surface area (Å²) in [5.41, 5.74) is 2.84. The van der Waals surface area contributed by atoms with Gasteiger partial charge in [-0.25, -0.2) is 0 Å². The molecule has 0 fully saturated rings. The smallest absolute Gasteiger partial charge is 0.164 e. The van der Waals surface area contributed by atoms with E-state index in [0.29, 0.717) is 6.42 Å². The van der Waals surface area contributed by atoms with Crippen molar-refractivity contribution in [3.63, 3.8) is 0 Å². The van der Waals surface area contributed by atoms with E-state index in [4.69, 9.17) is 4.74 Å². The lowest BCUT2D eigenvalue weighted by atomic mass is 9.62. The summed E-state index contributed by atoms with van der Waals surface area (Å²) in [6.45, 7) is 0. The SMILES string of the molecule is O=C1CC2(c3ccccc3OC3C=CC=CC32)c2ccccc21. The zero-order chi connectivity index (χ0) is 15.4. The Kier molecular flexibility index (Phi) is 2.49. The van der Waals surface area contributed by atoms with Crippen LogP contribution >= 0.6 is 0 Å². The summed E-state index contributed by atoms with van der Waals surface area (Å²) < 4.78 is 6.22. The summed E-state index contributed by atoms with van der Waals surface area (Å²) in [5, 5.41) is 0. The lowest BCUT2D eigenvalue weighted by Gasteiger charge is -2.46. The molecule has 2 heteroatoms. The highest BCUT2D eigenvalue weighted by molar-refractivity contribution is 6.03. The quantitative estimate of drug-likeness (QED) is 0.733. The lowest BCUT2D eigenvalue weighted by molar-refractivity contribution is 0.0909. The zero-order valence-corrected chi connectivity index (χ0v) is 12.6. The molecule has 0 aromatic heterocycles. The molecule has 112 valence electrons. The lowest BCUT2D eigenvalue weighted by Crippen LogP contribution is -2.46. The molecule has 0 N–H and O–H groups in total. The first-order chi connectivity index (χ1) is 11.3. The Morgan fingerprint density at radius 1 is 0.913 bits per heavy atom. The monoisotopic (exact) mass is 300 g/mol. The van der Waals surface area contributed by atoms with Gasteiger partial charge in [0.15, 0.2) is 5.78 Å². The maximum absolute atomic E-state index is 12.7. The standard InChI is InChI=1S/C21H16O2/c22-18-13-21(15-8-2-1-7-14(15)18)16-9-3-5-11-19(16)23-20-12-6-4-10-17(20)21/h1-12,16,19H,13H2. The number of fused-ring (bicyclic) bond motifs is 6. The van der Waals surface area contributed by atoms with Gasteiger partial charge < -0.3 is 4.74 Å². The minimum atomic E-state index is -0.311. The maximum Gasteiger partial charge on any atom is 0.164 e. The van der Waals surface area contributed by atoms with E-state index in [1.807, 2.05) is 42.5 Å². The maximum atomic E-state index is 12.7. The highest BCUT2D eigenvalue weighted by Crippen LogP contribution is 2.56. The second-order valence-corrected chi connectivity index (χ2v) is 6.49. The Morgan fingerprint density at radius 2 is 1.65 bits per heavy atom. The highest BCUT2D eigenvalue weighted by Gasteiger charge is 2.55. The highest BCUT2D eigenvalue weighted by atomic mass is 16.5. The van der Waals surface area contributed by atoms with Crippen LogP contribution in [0.4, 0.5) is 0 Å². The van der Waals surface area contributed by atoms with Crippen LogP contribution in [0.1, 0.15) is 27.9 Å². The van der Waals surface area contributed by atoms with Crippen LogP contribution in [0, 0.1) is 5.92 Å². The third-order valence-electron chi connectivity index (χ3n) is 5.43. The Bertz CT molecular complexity index is 877. The Labute approximate surface area is 135 Å². The van der Waals surface area contributed by atoms with E-state index in [9.17, 15) is 4.79 Å². The third kappa shape index (κ3) is 1.56. The van der Waals surface area contributed by atoms with Crippen LogP contribution in [-0.2, 0) is 5.41 Å². The van der Waals surface area contributed by atoms with Gasteiger partial charge in [-0.3, -0.25) is 4.79 Å². The molecule has 2 aromatic carbocycles. The van der Waals surface area contributed by atoms with Crippen molar-refractivity contribution >= 4 is 5.78 Å². The number of hydrogen-bond acceptors (Lipinski definition) is 2. The third-order valence-corrected chi connectivity index (χ3v) is 5.43. The number of hydrogen-bond donors (Lipinski definition) is 0. The number of para-hydroxylation sites is 1. The van der Waals surface area contributed by atoms with E-state index in [1.165, 1.54) is 0 Å². The molecule has 23 heavy (non-hydrogen) atoms. The second kappa shape index (κ2) is 4.45. The summed E-state index contributed by atoms with van der Waals surface area (Å²) in [4.78, 5) is 12.7. The number of carbonyl (C=O) groups excluding carboxylic acids is 1. The topological polar surface area (TPSA) is 26.3 Å². The van der Waals surface area contributed by atoms with Gasteiger partial charge in [0, 0.05) is 28.9 Å². The Morgan fingerprint density at radius 3 is 2.57 bits per heavy atom. The van der Waals surface area contributed by atoms with Crippen LogP contribution in [0.15, 0.2) is 72.8 Å². The van der Waals surface area contributed by atoms with Crippen molar-refractivity contribution in [1.82, 2.24) is 0 Å². The van der Waals surface area contributed by atoms with Crippen LogP contribution in [-0.4, -0.2) is 11.9 Å². The Hall–Kier alpha value is -2.61. The number of carbonyl (C=O) groups is 1. The number of ether oxygens (including phenoxy) is 1. The fourth-order valence-corrected chi connectivity index (χ4v) is 4.50. The van der Waals surface area contributed by atoms with Gasteiger partial charge in [0.25, 0.3) is 0 Å². The van der Waals surface area contributed by atoms with Crippen LogP contribution in [0.2, 0.25) is 0 Å². The van der Waals surface area contributed by atoms with Crippen molar-refractivity contribution in [2.45, 2.75) is 17.9 Å². The molecule has 2 aromatic rings. The van der Waals surface area contributed by atoms with Crippen molar-refractivity contribution in [3.8, 4) is 5.75 Å². The number of benzene rings is 2. The summed E-state index contributed by atoms with van der Waals surface area (Å²) in [5.74, 6) is 1.28. The van der Waals surface area contributed by atoms with Gasteiger partial charge in [0.2, 0.25) is 0 Å². The van der Waals surface area contributed by atoms with Gasteiger partial charge in [-0.05, 0) is 17.7 Å². The Balaban J connectivity index is 1.86. The predicted molar refractivity (Wildman–Crippen MR) is 88.8 cm³/mol. The fraction of sp³-hybridized carbons (Fsp3) is 0.190. The van der Waals surface area contributed by atoms with Crippen LogP contribution < -0.4 is 4.74 Å². The minimum Gasteiger partial charge on any atom is -0.485 e. The summed E-state index contributed by atoms with van der Waals surface area (Å²) in [6, 6.07) is 16.2. The number of rotatable bonds is 0. The molecule has 3 aliphatic rings. The van der Waals surface area contributed by atoms with Crippen LogP contribution in [0.3, 0.4) is 0 Å². The zero-order valence-electron chi connectivity index (χ0n) is 12.6. The molecular weight excluding hydrogens is 284 g/mol. The van der Waals surface area contributed by atoms with Crippen LogP contribution in [0.5, 0.6) is 5.75 Å². The van der Waals surface area contributed by atoms with E-state index in [2.05, 4.69) is 30.4 Å². The van der Waals surface area contributed by atoms with Crippen molar-refractivity contribution in [1.29, 1.82) is 0 Å². The molecule has 3 unspecified atom stereocenters. The van der Waals surface area contributed by atoms with E-state index in [0.717, 1.165) is 22.4 Å². The molecule has 0 saturated heterocycles. The van der Waals surface area contributed by atoms with Crippen molar-refractivity contribution in [2.75, 3.05) is 0 Å². The van der Waals surface area contributed by atoms with Gasteiger partial charge in [-0.2, -0.15) is 0 Å². The largest absolute Gasteiger partial charge is 0.485 e. The van der Waals surface area contributed by atoms with Gasteiger partial charge in [-0.15, -0.1) is 0 Å². The van der Waals surface area contributed by atoms with Crippen molar-refractivity contribution < 1.29 is 9.53 Å². The summed E-state index contributed by atoms with van der Waals surface area (Å²) >= 11 is 0. The van der Waals surface area contributed by atoms with E-state index in [-0.39, 0.29) is 23.2 Å². The first-order valence-corrected chi connectivity index (χ1v) is 8.04. The molecule has 1 heterocycles. The number of allylic oxidation sites excluding steroid dienone is 2. The van der Waals surface area contributed by atoms with Gasteiger partial charge in [0.1, 0.15) is 11.9 Å². The molecule has 2 aliphatic carbocycles. The van der Waals surface area contributed by atoms with Gasteiger partial charge in [-0.1, -0.05) is 60.7 Å². The van der Waals surface area contributed by atoms with Gasteiger partial charge >= 0.3 is 0 Å². The summed E-state index contributed by atoms with van der Waals surface area (Å²) in [6.07, 6.45) is 8.92. The second-order valence-electron chi connectivity index (χ2n) is 6.49. The molecule has 0 saturated carbocycles. The average Bonchev–Trinajstić information content (AvgIpc) is 2.90. The normalized spacial score (nSPS) is 29.8. The fourth-order valence-electron chi connectivity index (χ4n) is 4.50. The van der Waals surface area contributed by atoms with E-state index < -0.39 is 0 Å². The molecule has 0 amide bonds. The predicted octanol–water partition coefficient (Wildman–Crippen LogP) is 4.06. The molecular formula is C21H16O2. The number of ketones is 1. The van der Waals surface area contributed by atoms with E-state index in [1.54, 1.807) is 0 Å². The first kappa shape index (κ1) is 12.9. The minimum absolute atomic E-state index is 0.0196. The molecule has 0 bridgehead atoms. The van der Waals surface area contributed by atoms with Crippen molar-refractivity contribution in [2.24, 2.45) is 5.92 Å². The molecule has 1 aliphatic heterocycles. The van der Waals surface area contributed by atoms with Gasteiger partial charge in [0.05, 0.1) is 0 Å². The van der Waals surface area contributed by atoms with E-state index >= 15 is 0 Å². The van der Waals surface area contributed by atoms with Crippen molar-refractivity contribution in [3.05, 3.63) is 89.5 Å². The molecule has 3 atom stereocenters. The molecule has 1 spiro atoms. The van der Waals surface area contributed by atoms with Crippen LogP contribution in [0.25, 0.3) is 0 Å². The molecule has 0 radical (unpaired) electrons. The first-order valence-electron chi connectivity index (χ1n) is 8.04.